The lowest BCUT2D eigenvalue weighted by Crippen LogP contribution is -2.41. The average Bonchev–Trinajstić information content (AvgIpc) is 2.47. The standard InChI is InChI=1S/C16H23F2NO2/c1-11(19-14-8-4-2-6-12(14)10-20)13-7-3-5-9-15(13)21-16(17)18/h3,5,7,9,11-12,14,16,19-20H,2,4,6,8,10H2,1H3. The summed E-state index contributed by atoms with van der Waals surface area (Å²) in [5.74, 6) is 0.452. The molecule has 1 fully saturated rings. The number of aliphatic hydroxyl groups is 1. The van der Waals surface area contributed by atoms with Crippen molar-refractivity contribution in [1.29, 1.82) is 0 Å². The number of para-hydroxylation sites is 1. The van der Waals surface area contributed by atoms with Crippen LogP contribution < -0.4 is 10.1 Å². The number of hydrogen-bond donors (Lipinski definition) is 2. The quantitative estimate of drug-likeness (QED) is 0.845. The lowest BCUT2D eigenvalue weighted by atomic mass is 9.84. The largest absolute Gasteiger partial charge is 0.434 e. The molecule has 0 radical (unpaired) electrons. The van der Waals surface area contributed by atoms with Crippen molar-refractivity contribution in [2.45, 2.75) is 51.3 Å². The van der Waals surface area contributed by atoms with Crippen molar-refractivity contribution in [3.05, 3.63) is 29.8 Å². The van der Waals surface area contributed by atoms with Gasteiger partial charge in [-0.05, 0) is 31.7 Å². The van der Waals surface area contributed by atoms with Gasteiger partial charge in [0.1, 0.15) is 5.75 Å². The monoisotopic (exact) mass is 299 g/mol. The highest BCUT2D eigenvalue weighted by Crippen LogP contribution is 2.30. The Morgan fingerprint density at radius 2 is 2.00 bits per heavy atom. The van der Waals surface area contributed by atoms with Crippen LogP contribution in [0.2, 0.25) is 0 Å². The maximum Gasteiger partial charge on any atom is 0.387 e. The van der Waals surface area contributed by atoms with E-state index < -0.39 is 6.61 Å². The third kappa shape index (κ3) is 4.38. The van der Waals surface area contributed by atoms with Crippen LogP contribution >= 0.6 is 0 Å². The van der Waals surface area contributed by atoms with Gasteiger partial charge in [0.15, 0.2) is 0 Å². The van der Waals surface area contributed by atoms with E-state index in [1.165, 1.54) is 0 Å². The van der Waals surface area contributed by atoms with E-state index in [9.17, 15) is 13.9 Å². The molecule has 0 spiro atoms. The molecule has 3 unspecified atom stereocenters. The van der Waals surface area contributed by atoms with Gasteiger partial charge in [-0.15, -0.1) is 0 Å². The summed E-state index contributed by atoms with van der Waals surface area (Å²) in [6.07, 6.45) is 4.29. The van der Waals surface area contributed by atoms with E-state index in [4.69, 9.17) is 0 Å². The Bertz CT molecular complexity index is 442. The summed E-state index contributed by atoms with van der Waals surface area (Å²) in [4.78, 5) is 0. The Kier molecular flexibility index (Phi) is 5.94. The van der Waals surface area contributed by atoms with Crippen LogP contribution in [-0.4, -0.2) is 24.4 Å². The summed E-state index contributed by atoms with van der Waals surface area (Å²) in [5, 5.41) is 12.9. The molecule has 1 aliphatic rings. The first-order chi connectivity index (χ1) is 10.1. The van der Waals surface area contributed by atoms with E-state index in [-0.39, 0.29) is 30.4 Å². The second-order valence-corrected chi connectivity index (χ2v) is 5.64. The highest BCUT2D eigenvalue weighted by atomic mass is 19.3. The molecule has 118 valence electrons. The van der Waals surface area contributed by atoms with Gasteiger partial charge in [0.05, 0.1) is 0 Å². The van der Waals surface area contributed by atoms with Gasteiger partial charge in [-0.1, -0.05) is 31.0 Å². The van der Waals surface area contributed by atoms with Gasteiger partial charge >= 0.3 is 6.61 Å². The molecule has 21 heavy (non-hydrogen) atoms. The Morgan fingerprint density at radius 1 is 1.29 bits per heavy atom. The number of rotatable bonds is 6. The Morgan fingerprint density at radius 3 is 2.71 bits per heavy atom. The molecule has 1 aliphatic carbocycles. The van der Waals surface area contributed by atoms with Crippen molar-refractivity contribution >= 4 is 0 Å². The molecule has 3 nitrogen and oxygen atoms in total. The number of hydrogen-bond acceptors (Lipinski definition) is 3. The van der Waals surface area contributed by atoms with Gasteiger partial charge in [0, 0.05) is 24.3 Å². The molecular weight excluding hydrogens is 276 g/mol. The smallest absolute Gasteiger partial charge is 0.387 e. The normalized spacial score (nSPS) is 24.0. The fraction of sp³-hybridized carbons (Fsp3) is 0.625. The van der Waals surface area contributed by atoms with Crippen LogP contribution in [0.3, 0.4) is 0 Å². The third-order valence-electron chi connectivity index (χ3n) is 4.21. The molecule has 5 heteroatoms. The van der Waals surface area contributed by atoms with E-state index in [0.717, 1.165) is 31.2 Å². The lowest BCUT2D eigenvalue weighted by Gasteiger charge is -2.33. The fourth-order valence-corrected chi connectivity index (χ4v) is 3.10. The Hall–Kier alpha value is -1.20. The molecule has 0 bridgehead atoms. The van der Waals surface area contributed by atoms with Gasteiger partial charge in [-0.3, -0.25) is 0 Å². The van der Waals surface area contributed by atoms with Crippen LogP contribution in [0.5, 0.6) is 5.75 Å². The van der Waals surface area contributed by atoms with E-state index in [0.29, 0.717) is 0 Å². The SMILES string of the molecule is CC(NC1CCCCC1CO)c1ccccc1OC(F)F. The summed E-state index contributed by atoms with van der Waals surface area (Å²) < 4.78 is 29.5. The predicted molar refractivity (Wildman–Crippen MR) is 77.5 cm³/mol. The number of aliphatic hydroxyl groups excluding tert-OH is 1. The number of nitrogens with one attached hydrogen (secondary N) is 1. The first-order valence-electron chi connectivity index (χ1n) is 7.52. The first-order valence-corrected chi connectivity index (χ1v) is 7.52. The second-order valence-electron chi connectivity index (χ2n) is 5.64. The molecule has 1 aromatic carbocycles. The van der Waals surface area contributed by atoms with Gasteiger partial charge in [-0.25, -0.2) is 0 Å². The molecule has 0 aliphatic heterocycles. The zero-order chi connectivity index (χ0) is 15.2. The van der Waals surface area contributed by atoms with Crippen molar-refractivity contribution in [3.63, 3.8) is 0 Å². The summed E-state index contributed by atoms with van der Waals surface area (Å²) >= 11 is 0. The molecule has 3 atom stereocenters. The van der Waals surface area contributed by atoms with E-state index in [1.54, 1.807) is 18.2 Å². The maximum absolute atomic E-state index is 12.5. The lowest BCUT2D eigenvalue weighted by molar-refractivity contribution is -0.0507. The summed E-state index contributed by atoms with van der Waals surface area (Å²) in [7, 11) is 0. The van der Waals surface area contributed by atoms with Crippen LogP contribution in [0, 0.1) is 5.92 Å². The molecule has 0 saturated heterocycles. The topological polar surface area (TPSA) is 41.5 Å². The molecule has 1 saturated carbocycles. The molecule has 1 aromatic rings. The highest BCUT2D eigenvalue weighted by molar-refractivity contribution is 5.35. The number of alkyl halides is 2. The number of benzene rings is 1. The van der Waals surface area contributed by atoms with Crippen LogP contribution in [0.25, 0.3) is 0 Å². The minimum Gasteiger partial charge on any atom is -0.434 e. The van der Waals surface area contributed by atoms with Crippen molar-refractivity contribution in [2.24, 2.45) is 5.92 Å². The van der Waals surface area contributed by atoms with Crippen molar-refractivity contribution < 1.29 is 18.6 Å². The van der Waals surface area contributed by atoms with Gasteiger partial charge < -0.3 is 15.2 Å². The highest BCUT2D eigenvalue weighted by Gasteiger charge is 2.26. The van der Waals surface area contributed by atoms with Crippen molar-refractivity contribution in [1.82, 2.24) is 5.32 Å². The first kappa shape index (κ1) is 16.2. The summed E-state index contributed by atoms with van der Waals surface area (Å²) in [6.45, 7) is -0.714. The number of ether oxygens (including phenoxy) is 1. The zero-order valence-electron chi connectivity index (χ0n) is 12.3. The third-order valence-corrected chi connectivity index (χ3v) is 4.21. The molecule has 0 aromatic heterocycles. The zero-order valence-corrected chi connectivity index (χ0v) is 12.3. The van der Waals surface area contributed by atoms with Gasteiger partial charge in [0.25, 0.3) is 0 Å². The minimum atomic E-state index is -2.82. The van der Waals surface area contributed by atoms with Crippen molar-refractivity contribution in [3.8, 4) is 5.75 Å². The Labute approximate surface area is 124 Å². The average molecular weight is 299 g/mol. The predicted octanol–water partition coefficient (Wildman–Crippen LogP) is 3.49. The van der Waals surface area contributed by atoms with E-state index in [2.05, 4.69) is 10.1 Å². The van der Waals surface area contributed by atoms with Crippen LogP contribution in [0.15, 0.2) is 24.3 Å². The maximum atomic E-state index is 12.5. The number of halogens is 2. The molecule has 2 rings (SSSR count). The van der Waals surface area contributed by atoms with Gasteiger partial charge in [-0.2, -0.15) is 8.78 Å². The van der Waals surface area contributed by atoms with Gasteiger partial charge in [0.2, 0.25) is 0 Å². The minimum absolute atomic E-state index is 0.0999. The Balaban J connectivity index is 2.07. The van der Waals surface area contributed by atoms with Crippen LogP contribution in [0.1, 0.15) is 44.2 Å². The van der Waals surface area contributed by atoms with Crippen molar-refractivity contribution in [2.75, 3.05) is 6.61 Å². The van der Waals surface area contributed by atoms with Crippen LogP contribution in [0.4, 0.5) is 8.78 Å². The fourth-order valence-electron chi connectivity index (χ4n) is 3.10. The molecule has 0 heterocycles. The second kappa shape index (κ2) is 7.71. The summed E-state index contributed by atoms with van der Waals surface area (Å²) in [6, 6.07) is 6.98. The summed E-state index contributed by atoms with van der Waals surface area (Å²) in [5.41, 5.74) is 0.722. The van der Waals surface area contributed by atoms with E-state index >= 15 is 0 Å². The molecule has 2 N–H and O–H groups in total. The van der Waals surface area contributed by atoms with E-state index in [1.807, 2.05) is 13.0 Å². The molecular formula is C16H23F2NO2. The van der Waals surface area contributed by atoms with Crippen LogP contribution in [-0.2, 0) is 0 Å². The molecule has 0 amide bonds.